The van der Waals surface area contributed by atoms with Crippen LogP contribution in [-0.2, 0) is 9.84 Å². The summed E-state index contributed by atoms with van der Waals surface area (Å²) >= 11 is 16.1. The van der Waals surface area contributed by atoms with Crippen molar-refractivity contribution in [2.45, 2.75) is 11.8 Å². The van der Waals surface area contributed by atoms with Gasteiger partial charge in [-0.2, -0.15) is 5.10 Å². The van der Waals surface area contributed by atoms with E-state index in [-0.39, 0.29) is 20.8 Å². The molecular formula is C10H11Cl2N3O2S2. The van der Waals surface area contributed by atoms with Gasteiger partial charge < -0.3 is 5.73 Å². The van der Waals surface area contributed by atoms with Crippen molar-refractivity contribution in [1.29, 1.82) is 0 Å². The molecule has 0 heterocycles. The number of rotatable bonds is 4. The minimum absolute atomic E-state index is 0.0358. The number of nitrogens with two attached hydrogens (primary N) is 1. The highest BCUT2D eigenvalue weighted by Crippen LogP contribution is 2.25. The minimum atomic E-state index is -3.54. The number of hydrazone groups is 1. The van der Waals surface area contributed by atoms with Gasteiger partial charge in [0.1, 0.15) is 0 Å². The van der Waals surface area contributed by atoms with E-state index in [0.29, 0.717) is 10.7 Å². The van der Waals surface area contributed by atoms with Gasteiger partial charge in [-0.3, -0.25) is 5.43 Å². The SMILES string of the molecule is CC(CS(=O)(=O)c1ccc(Cl)c(Cl)c1)=NNC(N)=S. The van der Waals surface area contributed by atoms with Crippen molar-refractivity contribution in [2.75, 3.05) is 5.75 Å². The lowest BCUT2D eigenvalue weighted by atomic mass is 10.4. The monoisotopic (exact) mass is 339 g/mol. The molecule has 0 aromatic heterocycles. The number of nitrogens with one attached hydrogen (secondary N) is 1. The molecule has 1 aromatic carbocycles. The van der Waals surface area contributed by atoms with Crippen LogP contribution in [0, 0.1) is 0 Å². The Hall–Kier alpha value is -0.890. The van der Waals surface area contributed by atoms with Crippen LogP contribution in [0.2, 0.25) is 10.0 Å². The number of halogens is 2. The highest BCUT2D eigenvalue weighted by molar-refractivity contribution is 7.92. The quantitative estimate of drug-likeness (QED) is 0.497. The van der Waals surface area contributed by atoms with Crippen molar-refractivity contribution < 1.29 is 8.42 Å². The molecule has 0 radical (unpaired) electrons. The molecule has 0 saturated carbocycles. The topological polar surface area (TPSA) is 84.5 Å². The third kappa shape index (κ3) is 4.94. The fourth-order valence-corrected chi connectivity index (χ4v) is 2.97. The van der Waals surface area contributed by atoms with Crippen LogP contribution in [0.4, 0.5) is 0 Å². The summed E-state index contributed by atoms with van der Waals surface area (Å²) in [4.78, 5) is 0.0757. The fourth-order valence-electron chi connectivity index (χ4n) is 1.21. The lowest BCUT2D eigenvalue weighted by molar-refractivity contribution is 0.599. The molecule has 0 aliphatic rings. The van der Waals surface area contributed by atoms with Crippen LogP contribution in [0.5, 0.6) is 0 Å². The van der Waals surface area contributed by atoms with Crippen LogP contribution in [-0.4, -0.2) is 25.0 Å². The van der Waals surface area contributed by atoms with E-state index in [4.69, 9.17) is 28.9 Å². The molecule has 0 bridgehead atoms. The summed E-state index contributed by atoms with van der Waals surface area (Å²) in [5, 5.41) is 4.17. The third-order valence-corrected chi connectivity index (χ3v) is 4.61. The standard InChI is InChI=1S/C10H11Cl2N3O2S2/c1-6(14-15-10(13)18)5-19(16,17)7-2-3-8(11)9(12)4-7/h2-4H,5H2,1H3,(H3,13,15,18). The number of nitrogens with zero attached hydrogens (tertiary/aromatic N) is 1. The lowest BCUT2D eigenvalue weighted by Crippen LogP contribution is -2.26. The minimum Gasteiger partial charge on any atom is -0.375 e. The van der Waals surface area contributed by atoms with Crippen LogP contribution in [0.3, 0.4) is 0 Å². The molecule has 0 aliphatic carbocycles. The second-order valence-corrected chi connectivity index (χ2v) is 6.90. The molecule has 9 heteroatoms. The van der Waals surface area contributed by atoms with Crippen molar-refractivity contribution in [3.63, 3.8) is 0 Å². The van der Waals surface area contributed by atoms with Crippen LogP contribution < -0.4 is 11.2 Å². The summed E-state index contributed by atoms with van der Waals surface area (Å²) < 4.78 is 24.2. The number of thiocarbonyl (C=S) groups is 1. The Morgan fingerprint density at radius 3 is 2.58 bits per heavy atom. The van der Waals surface area contributed by atoms with E-state index >= 15 is 0 Å². The van der Waals surface area contributed by atoms with E-state index < -0.39 is 9.84 Å². The fraction of sp³-hybridized carbons (Fsp3) is 0.200. The summed E-state index contributed by atoms with van der Waals surface area (Å²) in [6.07, 6.45) is 0. The van der Waals surface area contributed by atoms with Crippen LogP contribution in [0.25, 0.3) is 0 Å². The molecule has 104 valence electrons. The molecule has 0 spiro atoms. The second-order valence-electron chi connectivity index (χ2n) is 3.66. The molecular weight excluding hydrogens is 329 g/mol. The Morgan fingerprint density at radius 2 is 2.05 bits per heavy atom. The van der Waals surface area contributed by atoms with Gasteiger partial charge >= 0.3 is 0 Å². The van der Waals surface area contributed by atoms with Gasteiger partial charge in [-0.25, -0.2) is 8.42 Å². The molecule has 3 N–H and O–H groups in total. The van der Waals surface area contributed by atoms with Gasteiger partial charge in [0.2, 0.25) is 0 Å². The van der Waals surface area contributed by atoms with E-state index in [9.17, 15) is 8.42 Å². The molecule has 0 atom stereocenters. The molecule has 1 aromatic rings. The molecule has 5 nitrogen and oxygen atoms in total. The number of sulfone groups is 1. The first-order chi connectivity index (χ1) is 8.72. The normalized spacial score (nSPS) is 12.3. The van der Waals surface area contributed by atoms with E-state index in [2.05, 4.69) is 22.7 Å². The third-order valence-electron chi connectivity index (χ3n) is 2.01. The van der Waals surface area contributed by atoms with Crippen molar-refractivity contribution in [3.05, 3.63) is 28.2 Å². The van der Waals surface area contributed by atoms with Gasteiger partial charge in [0, 0.05) is 0 Å². The first kappa shape index (κ1) is 16.2. The zero-order valence-corrected chi connectivity index (χ0v) is 13.0. The average molecular weight is 340 g/mol. The first-order valence-corrected chi connectivity index (χ1v) is 7.80. The first-order valence-electron chi connectivity index (χ1n) is 4.99. The summed E-state index contributed by atoms with van der Waals surface area (Å²) in [7, 11) is -3.54. The predicted octanol–water partition coefficient (Wildman–Crippen LogP) is 1.98. The number of hydrogen-bond donors (Lipinski definition) is 2. The van der Waals surface area contributed by atoms with Gasteiger partial charge in [0.25, 0.3) is 0 Å². The Morgan fingerprint density at radius 1 is 1.42 bits per heavy atom. The van der Waals surface area contributed by atoms with E-state index in [1.54, 1.807) is 6.92 Å². The van der Waals surface area contributed by atoms with Gasteiger partial charge in [-0.05, 0) is 37.3 Å². The second kappa shape index (κ2) is 6.51. The lowest BCUT2D eigenvalue weighted by Gasteiger charge is -2.06. The Bertz CT molecular complexity index is 630. The predicted molar refractivity (Wildman–Crippen MR) is 81.5 cm³/mol. The summed E-state index contributed by atoms with van der Waals surface area (Å²) in [6.45, 7) is 1.54. The summed E-state index contributed by atoms with van der Waals surface area (Å²) in [5.41, 5.74) is 7.83. The Labute approximate surface area is 126 Å². The van der Waals surface area contributed by atoms with Crippen LogP contribution in [0.1, 0.15) is 6.92 Å². The highest BCUT2D eigenvalue weighted by Gasteiger charge is 2.17. The van der Waals surface area contributed by atoms with E-state index in [1.807, 2.05) is 0 Å². The van der Waals surface area contributed by atoms with Gasteiger partial charge in [-0.15, -0.1) is 0 Å². The Balaban J connectivity index is 2.95. The summed E-state index contributed by atoms with van der Waals surface area (Å²) in [6, 6.07) is 4.11. The van der Waals surface area contributed by atoms with Gasteiger partial charge in [0.05, 0.1) is 26.4 Å². The van der Waals surface area contributed by atoms with Crippen molar-refractivity contribution in [3.8, 4) is 0 Å². The largest absolute Gasteiger partial charge is 0.375 e. The molecule has 1 rings (SSSR count). The molecule has 19 heavy (non-hydrogen) atoms. The zero-order valence-electron chi connectivity index (χ0n) is 9.85. The van der Waals surface area contributed by atoms with Crippen molar-refractivity contribution in [2.24, 2.45) is 10.8 Å². The van der Waals surface area contributed by atoms with Crippen LogP contribution >= 0.6 is 35.4 Å². The van der Waals surface area contributed by atoms with E-state index in [0.717, 1.165) is 0 Å². The Kier molecular flexibility index (Phi) is 5.54. The highest BCUT2D eigenvalue weighted by atomic mass is 35.5. The smallest absolute Gasteiger partial charge is 0.184 e. The van der Waals surface area contributed by atoms with Crippen molar-refractivity contribution in [1.82, 2.24) is 5.43 Å². The maximum absolute atomic E-state index is 12.1. The molecule has 0 aliphatic heterocycles. The number of hydrogen-bond acceptors (Lipinski definition) is 4. The molecule has 0 saturated heterocycles. The maximum atomic E-state index is 12.1. The molecule has 0 fully saturated rings. The maximum Gasteiger partial charge on any atom is 0.184 e. The van der Waals surface area contributed by atoms with E-state index in [1.165, 1.54) is 18.2 Å². The summed E-state index contributed by atoms with van der Waals surface area (Å²) in [5.74, 6) is -0.277. The van der Waals surface area contributed by atoms with Crippen molar-refractivity contribution >= 4 is 56.1 Å². The van der Waals surface area contributed by atoms with Gasteiger partial charge in [-0.1, -0.05) is 23.2 Å². The molecule has 0 unspecified atom stereocenters. The average Bonchev–Trinajstić information content (AvgIpc) is 2.29. The molecule has 0 amide bonds. The zero-order chi connectivity index (χ0) is 14.6. The van der Waals surface area contributed by atoms with Crippen LogP contribution in [0.15, 0.2) is 28.2 Å². The van der Waals surface area contributed by atoms with Gasteiger partial charge in [0.15, 0.2) is 14.9 Å². The number of benzene rings is 1.